The van der Waals surface area contributed by atoms with Gasteiger partial charge in [0.15, 0.2) is 5.82 Å². The first kappa shape index (κ1) is 8.51. The Morgan fingerprint density at radius 3 is 3.00 bits per heavy atom. The molecule has 12 heavy (non-hydrogen) atoms. The van der Waals surface area contributed by atoms with Gasteiger partial charge < -0.3 is 10.6 Å². The molecule has 1 aromatic rings. The highest BCUT2D eigenvalue weighted by Gasteiger charge is 1.99. The van der Waals surface area contributed by atoms with E-state index in [-0.39, 0.29) is 6.03 Å². The molecule has 0 saturated heterocycles. The van der Waals surface area contributed by atoms with Gasteiger partial charge in [-0.25, -0.2) is 9.78 Å². The van der Waals surface area contributed by atoms with Gasteiger partial charge in [0.1, 0.15) is 6.33 Å². The van der Waals surface area contributed by atoms with Gasteiger partial charge in [0.05, 0.1) is 6.54 Å². The molecule has 0 aliphatic rings. The molecule has 66 valence electrons. The zero-order valence-electron chi connectivity index (χ0n) is 7.03. The molecule has 0 aliphatic carbocycles. The van der Waals surface area contributed by atoms with Crippen LogP contribution in [0.25, 0.3) is 0 Å². The quantitative estimate of drug-likeness (QED) is 0.611. The Morgan fingerprint density at radius 2 is 2.50 bits per heavy atom. The Morgan fingerprint density at radius 1 is 1.75 bits per heavy atom. The summed E-state index contributed by atoms with van der Waals surface area (Å²) in [6, 6.07) is -0.234. The molecule has 0 spiro atoms. The first-order chi connectivity index (χ1) is 5.72. The second kappa shape index (κ2) is 3.70. The Kier molecular flexibility index (Phi) is 2.62. The van der Waals surface area contributed by atoms with Crippen LogP contribution in [0.3, 0.4) is 0 Å². The molecule has 0 fully saturated rings. The van der Waals surface area contributed by atoms with E-state index in [9.17, 15) is 4.79 Å². The average molecular weight is 169 g/mol. The van der Waals surface area contributed by atoms with Crippen molar-refractivity contribution in [2.45, 2.75) is 6.54 Å². The topological polar surface area (TPSA) is 71.8 Å². The van der Waals surface area contributed by atoms with Crippen molar-refractivity contribution in [2.24, 2.45) is 7.05 Å². The van der Waals surface area contributed by atoms with Crippen LogP contribution in [0.1, 0.15) is 5.82 Å². The van der Waals surface area contributed by atoms with Gasteiger partial charge in [-0.3, -0.25) is 4.68 Å². The van der Waals surface area contributed by atoms with E-state index in [1.54, 1.807) is 25.1 Å². The smallest absolute Gasteiger partial charge is 0.314 e. The number of carbonyl (C=O) groups is 1. The molecule has 1 aromatic heterocycles. The van der Waals surface area contributed by atoms with Gasteiger partial charge in [-0.05, 0) is 0 Å². The minimum Gasteiger partial charge on any atom is -0.341 e. The molecule has 1 heterocycles. The molecule has 0 aromatic carbocycles. The Hall–Kier alpha value is -1.59. The molecule has 6 heteroatoms. The van der Waals surface area contributed by atoms with E-state index in [1.807, 2.05) is 0 Å². The monoisotopic (exact) mass is 169 g/mol. The lowest BCUT2D eigenvalue weighted by molar-refractivity contribution is 0.242. The number of urea groups is 1. The summed E-state index contributed by atoms with van der Waals surface area (Å²) in [4.78, 5) is 14.6. The summed E-state index contributed by atoms with van der Waals surface area (Å²) in [5, 5.41) is 8.98. The van der Waals surface area contributed by atoms with Gasteiger partial charge in [0.25, 0.3) is 0 Å². The highest BCUT2D eigenvalue weighted by Crippen LogP contribution is 1.85. The maximum absolute atomic E-state index is 10.7. The van der Waals surface area contributed by atoms with Crippen LogP contribution in [0, 0.1) is 0 Å². The van der Waals surface area contributed by atoms with E-state index in [4.69, 9.17) is 0 Å². The van der Waals surface area contributed by atoms with Crippen LogP contribution in [-0.2, 0) is 13.6 Å². The molecule has 2 amide bonds. The van der Waals surface area contributed by atoms with Crippen molar-refractivity contribution in [2.75, 3.05) is 7.05 Å². The Bertz CT molecular complexity index is 269. The van der Waals surface area contributed by atoms with Crippen LogP contribution in [0.2, 0.25) is 0 Å². The number of rotatable bonds is 2. The predicted octanol–water partition coefficient (Wildman–Crippen LogP) is -0.756. The van der Waals surface area contributed by atoms with Crippen molar-refractivity contribution in [1.29, 1.82) is 0 Å². The molecule has 2 N–H and O–H groups in total. The number of amides is 2. The molecule has 0 unspecified atom stereocenters. The standard InChI is InChI=1S/C6H11N5O/c1-7-6(12)8-3-5-9-4-11(2)10-5/h4H,3H2,1-2H3,(H2,7,8,12). The second-order valence-corrected chi connectivity index (χ2v) is 2.27. The molecule has 0 atom stereocenters. The van der Waals surface area contributed by atoms with Gasteiger partial charge in [0, 0.05) is 14.1 Å². The fourth-order valence-corrected chi connectivity index (χ4v) is 0.713. The zero-order valence-corrected chi connectivity index (χ0v) is 7.03. The zero-order chi connectivity index (χ0) is 8.97. The number of carbonyl (C=O) groups excluding carboxylic acids is 1. The van der Waals surface area contributed by atoms with Crippen LogP contribution in [-0.4, -0.2) is 27.8 Å². The molecular weight excluding hydrogens is 158 g/mol. The summed E-state index contributed by atoms with van der Waals surface area (Å²) in [7, 11) is 3.33. The van der Waals surface area contributed by atoms with Gasteiger partial charge in [-0.15, -0.1) is 0 Å². The van der Waals surface area contributed by atoms with Gasteiger partial charge in [0.2, 0.25) is 0 Å². The molecule has 0 saturated carbocycles. The van der Waals surface area contributed by atoms with Crippen LogP contribution >= 0.6 is 0 Å². The predicted molar refractivity (Wildman–Crippen MR) is 42.3 cm³/mol. The van der Waals surface area contributed by atoms with Crippen molar-refractivity contribution in [1.82, 2.24) is 25.4 Å². The minimum absolute atomic E-state index is 0.234. The fraction of sp³-hybridized carbons (Fsp3) is 0.500. The Labute approximate surface area is 70.0 Å². The van der Waals surface area contributed by atoms with Crippen molar-refractivity contribution in [3.8, 4) is 0 Å². The lowest BCUT2D eigenvalue weighted by Gasteiger charge is -1.99. The summed E-state index contributed by atoms with van der Waals surface area (Å²) in [6.07, 6.45) is 1.58. The molecule has 0 bridgehead atoms. The molecule has 6 nitrogen and oxygen atoms in total. The van der Waals surface area contributed by atoms with E-state index in [1.165, 1.54) is 0 Å². The minimum atomic E-state index is -0.234. The molecular formula is C6H11N5O. The summed E-state index contributed by atoms with van der Waals surface area (Å²) >= 11 is 0. The van der Waals surface area contributed by atoms with E-state index >= 15 is 0 Å². The SMILES string of the molecule is CNC(=O)NCc1ncn(C)n1. The third kappa shape index (κ3) is 2.22. The maximum Gasteiger partial charge on any atom is 0.314 e. The summed E-state index contributed by atoms with van der Waals surface area (Å²) in [6.45, 7) is 0.348. The van der Waals surface area contributed by atoms with Gasteiger partial charge in [-0.1, -0.05) is 0 Å². The molecule has 1 rings (SSSR count). The maximum atomic E-state index is 10.7. The van der Waals surface area contributed by atoms with E-state index in [2.05, 4.69) is 20.7 Å². The van der Waals surface area contributed by atoms with Crippen molar-refractivity contribution in [3.63, 3.8) is 0 Å². The third-order valence-electron chi connectivity index (χ3n) is 1.28. The third-order valence-corrected chi connectivity index (χ3v) is 1.28. The largest absolute Gasteiger partial charge is 0.341 e. The summed E-state index contributed by atoms with van der Waals surface area (Å²) in [5.74, 6) is 0.598. The lowest BCUT2D eigenvalue weighted by Crippen LogP contribution is -2.32. The van der Waals surface area contributed by atoms with Gasteiger partial charge >= 0.3 is 6.03 Å². The highest BCUT2D eigenvalue weighted by molar-refractivity contribution is 5.73. The first-order valence-corrected chi connectivity index (χ1v) is 3.52. The van der Waals surface area contributed by atoms with Crippen molar-refractivity contribution < 1.29 is 4.79 Å². The Balaban J connectivity index is 2.38. The molecule has 0 aliphatic heterocycles. The van der Waals surface area contributed by atoms with Crippen LogP contribution in [0.15, 0.2) is 6.33 Å². The number of nitrogens with zero attached hydrogens (tertiary/aromatic N) is 3. The normalized spacial score (nSPS) is 9.50. The van der Waals surface area contributed by atoms with Crippen LogP contribution in [0.4, 0.5) is 4.79 Å². The number of hydrogen-bond acceptors (Lipinski definition) is 3. The second-order valence-electron chi connectivity index (χ2n) is 2.27. The number of aryl methyl sites for hydroxylation is 1. The van der Waals surface area contributed by atoms with Gasteiger partial charge in [-0.2, -0.15) is 5.10 Å². The average Bonchev–Trinajstić information content (AvgIpc) is 2.47. The van der Waals surface area contributed by atoms with E-state index < -0.39 is 0 Å². The lowest BCUT2D eigenvalue weighted by atomic mass is 10.6. The number of nitrogens with one attached hydrogen (secondary N) is 2. The fourth-order valence-electron chi connectivity index (χ4n) is 0.713. The summed E-state index contributed by atoms with van der Waals surface area (Å²) < 4.78 is 1.58. The van der Waals surface area contributed by atoms with Crippen molar-refractivity contribution >= 4 is 6.03 Å². The number of aromatic nitrogens is 3. The first-order valence-electron chi connectivity index (χ1n) is 3.52. The van der Waals surface area contributed by atoms with Crippen molar-refractivity contribution in [3.05, 3.63) is 12.2 Å². The van der Waals surface area contributed by atoms with E-state index in [0.717, 1.165) is 0 Å². The summed E-state index contributed by atoms with van der Waals surface area (Å²) in [5.41, 5.74) is 0. The highest BCUT2D eigenvalue weighted by atomic mass is 16.2. The number of hydrogen-bond donors (Lipinski definition) is 2. The van der Waals surface area contributed by atoms with Crippen LogP contribution < -0.4 is 10.6 Å². The van der Waals surface area contributed by atoms with Crippen LogP contribution in [0.5, 0.6) is 0 Å². The molecule has 0 radical (unpaired) electrons. The van der Waals surface area contributed by atoms with E-state index in [0.29, 0.717) is 12.4 Å².